The Kier molecular flexibility index (Phi) is 16.5. The zero-order chi connectivity index (χ0) is 14.2. The number of hydrogen-bond donors (Lipinski definition) is 0. The van der Waals surface area contributed by atoms with E-state index in [9.17, 15) is 0 Å². The van der Waals surface area contributed by atoms with E-state index in [0.29, 0.717) is 0 Å². The van der Waals surface area contributed by atoms with Gasteiger partial charge in [-0.2, -0.15) is 0 Å². The molecule has 0 radical (unpaired) electrons. The first kappa shape index (κ1) is 19.2. The van der Waals surface area contributed by atoms with Crippen molar-refractivity contribution in [1.29, 1.82) is 0 Å². The summed E-state index contributed by atoms with van der Waals surface area (Å²) in [5.41, 5.74) is 0. The highest BCUT2D eigenvalue weighted by molar-refractivity contribution is 6.13. The number of rotatable bonds is 15. The van der Waals surface area contributed by atoms with E-state index in [-0.39, 0.29) is 0 Å². The molecule has 0 unspecified atom stereocenters. The van der Waals surface area contributed by atoms with Gasteiger partial charge in [0.15, 0.2) is 0 Å². The molecule has 0 saturated heterocycles. The average molecular weight is 290 g/mol. The summed E-state index contributed by atoms with van der Waals surface area (Å²) in [6, 6.07) is 0. The van der Waals surface area contributed by atoms with E-state index in [4.69, 9.17) is 11.8 Å². The Bertz CT molecular complexity index is 159. The van der Waals surface area contributed by atoms with E-state index in [2.05, 4.69) is 6.92 Å². The minimum absolute atomic E-state index is 1.03. The molecule has 2 heteroatoms. The summed E-state index contributed by atoms with van der Waals surface area (Å²) < 4.78 is 1.76. The predicted octanol–water partition coefficient (Wildman–Crippen LogP) is 6.55. The van der Waals surface area contributed by atoms with Gasteiger partial charge in [-0.15, -0.1) is 0 Å². The largest absolute Gasteiger partial charge is 0.223 e. The second-order valence-corrected chi connectivity index (χ2v) is 6.50. The first-order valence-electron chi connectivity index (χ1n) is 8.64. The van der Waals surface area contributed by atoms with Crippen LogP contribution in [0.2, 0.25) is 0 Å². The van der Waals surface area contributed by atoms with Crippen LogP contribution in [0.3, 0.4) is 0 Å². The zero-order valence-corrected chi connectivity index (χ0v) is 14.2. The van der Waals surface area contributed by atoms with E-state index in [1.807, 2.05) is 7.05 Å². The molecule has 0 aromatic carbocycles. The Balaban J connectivity index is 2.91. The van der Waals surface area contributed by atoms with Crippen molar-refractivity contribution in [2.24, 2.45) is 0 Å². The summed E-state index contributed by atoms with van der Waals surface area (Å²) >= 11 is 5.76. The number of unbranched alkanes of at least 4 members (excludes halogenated alkanes) is 13. The molecule has 0 aromatic rings. The highest BCUT2D eigenvalue weighted by atomic mass is 35.5. The van der Waals surface area contributed by atoms with Crippen LogP contribution in [0, 0.1) is 0 Å². The van der Waals surface area contributed by atoms with E-state index in [1.165, 1.54) is 89.9 Å². The van der Waals surface area contributed by atoms with Crippen molar-refractivity contribution in [3.63, 3.8) is 0 Å². The van der Waals surface area contributed by atoms with Crippen molar-refractivity contribution < 1.29 is 0 Å². The van der Waals surface area contributed by atoms with Gasteiger partial charge in [0.05, 0.1) is 0 Å². The van der Waals surface area contributed by atoms with E-state index >= 15 is 0 Å². The third-order valence-electron chi connectivity index (χ3n) is 3.82. The van der Waals surface area contributed by atoms with Gasteiger partial charge < -0.3 is 0 Å². The molecule has 116 valence electrons. The monoisotopic (exact) mass is 289 g/mol. The molecule has 0 fully saturated rings. The predicted molar refractivity (Wildman–Crippen MR) is 88.8 cm³/mol. The molecule has 0 N–H and O–H groups in total. The van der Waals surface area contributed by atoms with E-state index < -0.39 is 0 Å². The molecule has 0 amide bonds. The van der Waals surface area contributed by atoms with Crippen LogP contribution in [-0.4, -0.2) is 18.0 Å². The van der Waals surface area contributed by atoms with Gasteiger partial charge >= 0.3 is 0 Å². The maximum Gasteiger partial charge on any atom is 0.0135 e. The summed E-state index contributed by atoms with van der Waals surface area (Å²) in [4.78, 5) is 0. The van der Waals surface area contributed by atoms with Crippen molar-refractivity contribution in [2.45, 2.75) is 96.8 Å². The van der Waals surface area contributed by atoms with Crippen LogP contribution in [0.15, 0.2) is 0 Å². The smallest absolute Gasteiger partial charge is 0.0135 e. The maximum absolute atomic E-state index is 5.76. The second kappa shape index (κ2) is 16.3. The van der Waals surface area contributed by atoms with E-state index in [1.54, 1.807) is 4.42 Å². The highest BCUT2D eigenvalue weighted by Gasteiger charge is 1.95. The molecule has 0 aliphatic heterocycles. The lowest BCUT2D eigenvalue weighted by atomic mass is 10.0. The van der Waals surface area contributed by atoms with Crippen molar-refractivity contribution in [3.8, 4) is 0 Å². The standard InChI is InChI=1S/C17H36ClN/c1-3-4-5-6-7-8-9-10-11-12-13-14-15-16-17-19(2)18/h3-17H2,1-2H3. The minimum Gasteiger partial charge on any atom is -0.223 e. The third kappa shape index (κ3) is 18.2. The summed E-state index contributed by atoms with van der Waals surface area (Å²) in [6.07, 6.45) is 19.8. The molecule has 0 saturated carbocycles. The summed E-state index contributed by atoms with van der Waals surface area (Å²) in [5, 5.41) is 0. The normalized spacial score (nSPS) is 11.4. The molecular weight excluding hydrogens is 254 g/mol. The number of halogens is 1. The first-order chi connectivity index (χ1) is 9.27. The zero-order valence-electron chi connectivity index (χ0n) is 13.4. The summed E-state index contributed by atoms with van der Waals surface area (Å²) in [6.45, 7) is 3.31. The van der Waals surface area contributed by atoms with Gasteiger partial charge in [-0.25, -0.2) is 4.42 Å². The van der Waals surface area contributed by atoms with Crippen molar-refractivity contribution in [1.82, 2.24) is 4.42 Å². The topological polar surface area (TPSA) is 3.24 Å². The van der Waals surface area contributed by atoms with Crippen LogP contribution in [0.4, 0.5) is 0 Å². The molecule has 0 aromatic heterocycles. The minimum atomic E-state index is 1.03. The molecular formula is C17H36ClN. The van der Waals surface area contributed by atoms with Crippen molar-refractivity contribution in [2.75, 3.05) is 13.6 Å². The molecule has 0 heterocycles. The van der Waals surface area contributed by atoms with Crippen LogP contribution in [0.1, 0.15) is 96.8 Å². The van der Waals surface area contributed by atoms with Gasteiger partial charge in [0.25, 0.3) is 0 Å². The summed E-state index contributed by atoms with van der Waals surface area (Å²) in [5.74, 6) is 0. The Morgan fingerprint density at radius 1 is 0.579 bits per heavy atom. The molecule has 0 bridgehead atoms. The molecule has 19 heavy (non-hydrogen) atoms. The Hall–Kier alpha value is 0.250. The average Bonchev–Trinajstić information content (AvgIpc) is 2.39. The molecule has 0 spiro atoms. The van der Waals surface area contributed by atoms with E-state index in [0.717, 1.165) is 6.54 Å². The van der Waals surface area contributed by atoms with Gasteiger partial charge in [-0.1, -0.05) is 90.4 Å². The first-order valence-corrected chi connectivity index (χ1v) is 8.98. The van der Waals surface area contributed by atoms with Crippen LogP contribution >= 0.6 is 11.8 Å². The third-order valence-corrected chi connectivity index (χ3v) is 3.99. The summed E-state index contributed by atoms with van der Waals surface area (Å²) in [7, 11) is 1.93. The lowest BCUT2D eigenvalue weighted by molar-refractivity contribution is 0.489. The Labute approximate surface area is 127 Å². The van der Waals surface area contributed by atoms with Crippen LogP contribution in [0.25, 0.3) is 0 Å². The Morgan fingerprint density at radius 3 is 1.21 bits per heavy atom. The number of hydrogen-bond acceptors (Lipinski definition) is 1. The van der Waals surface area contributed by atoms with Crippen LogP contribution < -0.4 is 0 Å². The van der Waals surface area contributed by atoms with Crippen LogP contribution in [-0.2, 0) is 0 Å². The lowest BCUT2D eigenvalue weighted by Crippen LogP contribution is -2.05. The van der Waals surface area contributed by atoms with Crippen molar-refractivity contribution in [3.05, 3.63) is 0 Å². The molecule has 0 aliphatic rings. The SMILES string of the molecule is CCCCCCCCCCCCCCCCN(C)Cl. The highest BCUT2D eigenvalue weighted by Crippen LogP contribution is 2.13. The number of nitrogens with zero attached hydrogens (tertiary/aromatic N) is 1. The molecule has 0 rings (SSSR count). The lowest BCUT2D eigenvalue weighted by Gasteiger charge is -2.06. The fraction of sp³-hybridized carbons (Fsp3) is 1.00. The fourth-order valence-electron chi connectivity index (χ4n) is 2.52. The van der Waals surface area contributed by atoms with Gasteiger partial charge in [0.1, 0.15) is 0 Å². The van der Waals surface area contributed by atoms with Gasteiger partial charge in [0.2, 0.25) is 0 Å². The van der Waals surface area contributed by atoms with Gasteiger partial charge in [0, 0.05) is 13.6 Å². The molecule has 0 aliphatic carbocycles. The molecule has 0 atom stereocenters. The second-order valence-electron chi connectivity index (χ2n) is 5.92. The van der Waals surface area contributed by atoms with Gasteiger partial charge in [-0.05, 0) is 18.2 Å². The van der Waals surface area contributed by atoms with Crippen LogP contribution in [0.5, 0.6) is 0 Å². The fourth-order valence-corrected chi connectivity index (χ4v) is 2.64. The van der Waals surface area contributed by atoms with Crippen molar-refractivity contribution >= 4 is 11.8 Å². The molecule has 1 nitrogen and oxygen atoms in total. The quantitative estimate of drug-likeness (QED) is 0.244. The Morgan fingerprint density at radius 2 is 0.895 bits per heavy atom. The van der Waals surface area contributed by atoms with Gasteiger partial charge in [-0.3, -0.25) is 0 Å². The maximum atomic E-state index is 5.76.